The molecule has 4 rings (SSSR count). The van der Waals surface area contributed by atoms with E-state index < -0.39 is 11.6 Å². The van der Waals surface area contributed by atoms with Gasteiger partial charge in [0.2, 0.25) is 5.91 Å². The number of rotatable bonds is 5. The first-order chi connectivity index (χ1) is 14.9. The van der Waals surface area contributed by atoms with Crippen LogP contribution in [-0.2, 0) is 24.3 Å². The van der Waals surface area contributed by atoms with Gasteiger partial charge in [-0.25, -0.2) is 13.8 Å². The zero-order valence-corrected chi connectivity index (χ0v) is 17.8. The van der Waals surface area contributed by atoms with E-state index in [0.717, 1.165) is 43.1 Å². The molecule has 1 atom stereocenters. The smallest absolute Gasteiger partial charge is 0.256 e. The summed E-state index contributed by atoms with van der Waals surface area (Å²) in [6.07, 6.45) is 3.73. The Morgan fingerprint density at radius 1 is 1.26 bits per heavy atom. The molecule has 0 saturated carbocycles. The summed E-state index contributed by atoms with van der Waals surface area (Å²) in [7, 11) is 0. The van der Waals surface area contributed by atoms with Crippen LogP contribution in [0, 0.1) is 11.6 Å². The average molecular weight is 430 g/mol. The number of aromatic amines is 1. The highest BCUT2D eigenvalue weighted by Crippen LogP contribution is 2.26. The first-order valence-electron chi connectivity index (χ1n) is 11.0. The zero-order valence-electron chi connectivity index (χ0n) is 17.8. The Labute approximate surface area is 180 Å². The lowest BCUT2D eigenvalue weighted by atomic mass is 9.96. The van der Waals surface area contributed by atoms with Gasteiger partial charge in [0.1, 0.15) is 5.82 Å². The van der Waals surface area contributed by atoms with Crippen LogP contribution in [0.5, 0.6) is 0 Å². The largest absolute Gasteiger partial charge is 0.338 e. The number of likely N-dealkylation sites (tertiary alicyclic amines) is 1. The van der Waals surface area contributed by atoms with Crippen molar-refractivity contribution in [1.29, 1.82) is 0 Å². The van der Waals surface area contributed by atoms with Crippen molar-refractivity contribution >= 4 is 5.91 Å². The lowest BCUT2D eigenvalue weighted by molar-refractivity contribution is -0.132. The highest BCUT2D eigenvalue weighted by Gasteiger charge is 2.28. The molecule has 0 bridgehead atoms. The van der Waals surface area contributed by atoms with Gasteiger partial charge in [-0.15, -0.1) is 0 Å². The Morgan fingerprint density at radius 3 is 2.87 bits per heavy atom. The first-order valence-corrected chi connectivity index (χ1v) is 11.0. The summed E-state index contributed by atoms with van der Waals surface area (Å²) in [6.45, 7) is 4.97. The van der Waals surface area contributed by atoms with Crippen LogP contribution in [0.2, 0.25) is 0 Å². The van der Waals surface area contributed by atoms with Gasteiger partial charge < -0.3 is 9.88 Å². The van der Waals surface area contributed by atoms with E-state index in [0.29, 0.717) is 50.4 Å². The molecule has 31 heavy (non-hydrogen) atoms. The molecule has 2 aliphatic rings. The Bertz CT molecular complexity index is 1020. The second kappa shape index (κ2) is 9.26. The van der Waals surface area contributed by atoms with E-state index in [9.17, 15) is 18.4 Å². The molecular weight excluding hydrogens is 402 g/mol. The van der Waals surface area contributed by atoms with Crippen molar-refractivity contribution in [3.8, 4) is 0 Å². The number of hydrogen-bond donors (Lipinski definition) is 1. The number of aromatic nitrogens is 2. The van der Waals surface area contributed by atoms with Crippen LogP contribution >= 0.6 is 0 Å². The summed E-state index contributed by atoms with van der Waals surface area (Å²) in [5, 5.41) is 0. The Hall–Kier alpha value is -2.61. The van der Waals surface area contributed by atoms with Crippen LogP contribution in [0.3, 0.4) is 0 Å². The van der Waals surface area contributed by atoms with E-state index in [-0.39, 0.29) is 17.4 Å². The maximum atomic E-state index is 13.5. The third kappa shape index (κ3) is 4.84. The summed E-state index contributed by atoms with van der Waals surface area (Å²) in [5.74, 6) is -0.829. The third-order valence-electron chi connectivity index (χ3n) is 6.19. The molecule has 166 valence electrons. The summed E-state index contributed by atoms with van der Waals surface area (Å²) in [4.78, 5) is 36.6. The second-order valence-electron chi connectivity index (χ2n) is 8.51. The predicted molar refractivity (Wildman–Crippen MR) is 112 cm³/mol. The van der Waals surface area contributed by atoms with E-state index in [1.807, 2.05) is 6.92 Å². The molecule has 1 aromatic carbocycles. The number of piperidine rings is 1. The van der Waals surface area contributed by atoms with Gasteiger partial charge in [0.05, 0.1) is 17.8 Å². The second-order valence-corrected chi connectivity index (χ2v) is 8.51. The van der Waals surface area contributed by atoms with Crippen LogP contribution in [0.25, 0.3) is 0 Å². The molecule has 0 radical (unpaired) electrons. The molecule has 0 unspecified atom stereocenters. The summed E-state index contributed by atoms with van der Waals surface area (Å²) in [6, 6.07) is 4.00. The summed E-state index contributed by atoms with van der Waals surface area (Å²) < 4.78 is 26.7. The molecule has 1 aromatic heterocycles. The fourth-order valence-electron chi connectivity index (χ4n) is 4.54. The molecule has 0 spiro atoms. The van der Waals surface area contributed by atoms with E-state index in [1.165, 1.54) is 6.07 Å². The van der Waals surface area contributed by atoms with Crippen molar-refractivity contribution in [2.45, 2.75) is 58.0 Å². The van der Waals surface area contributed by atoms with Gasteiger partial charge >= 0.3 is 0 Å². The normalized spacial score (nSPS) is 19.3. The van der Waals surface area contributed by atoms with Crippen molar-refractivity contribution in [2.24, 2.45) is 0 Å². The number of carbonyl (C=O) groups excluding carboxylic acids is 1. The SMILES string of the molecule is CCCC(=O)N1CCc2nc([C@H]3CCCN(Cc4ccc(F)c(F)c4)C3)[nH]c(=O)c2C1. The van der Waals surface area contributed by atoms with E-state index >= 15 is 0 Å². The van der Waals surface area contributed by atoms with Gasteiger partial charge in [-0.1, -0.05) is 13.0 Å². The standard InChI is InChI=1S/C23H28F2N4O2/c1-2-4-21(30)29-10-8-20-17(14-29)23(31)27-22(26-20)16-5-3-9-28(13-16)12-15-6-7-18(24)19(25)11-15/h6-7,11,16H,2-5,8-10,12-14H2,1H3,(H,26,27,31)/t16-/m0/s1. The quantitative estimate of drug-likeness (QED) is 0.792. The summed E-state index contributed by atoms with van der Waals surface area (Å²) >= 11 is 0. The number of halogens is 2. The molecule has 2 aromatic rings. The molecule has 8 heteroatoms. The number of nitrogens with zero attached hydrogens (tertiary/aromatic N) is 3. The van der Waals surface area contributed by atoms with Crippen LogP contribution in [0.4, 0.5) is 8.78 Å². The van der Waals surface area contributed by atoms with E-state index in [1.54, 1.807) is 11.0 Å². The molecular formula is C23H28F2N4O2. The van der Waals surface area contributed by atoms with Crippen LogP contribution in [0.15, 0.2) is 23.0 Å². The maximum absolute atomic E-state index is 13.5. The van der Waals surface area contributed by atoms with Crippen LogP contribution < -0.4 is 5.56 Å². The number of H-pyrrole nitrogens is 1. The zero-order chi connectivity index (χ0) is 22.0. The molecule has 2 aliphatic heterocycles. The summed E-state index contributed by atoms with van der Waals surface area (Å²) in [5.41, 5.74) is 1.95. The lowest BCUT2D eigenvalue weighted by Crippen LogP contribution is -2.40. The van der Waals surface area contributed by atoms with Crippen molar-refractivity contribution in [2.75, 3.05) is 19.6 Å². The molecule has 6 nitrogen and oxygen atoms in total. The first kappa shape index (κ1) is 21.6. The Balaban J connectivity index is 1.47. The van der Waals surface area contributed by atoms with Crippen LogP contribution in [-0.4, -0.2) is 45.3 Å². The minimum Gasteiger partial charge on any atom is -0.338 e. The third-order valence-corrected chi connectivity index (χ3v) is 6.19. The number of nitrogens with one attached hydrogen (secondary N) is 1. The van der Waals surface area contributed by atoms with E-state index in [2.05, 4.69) is 9.88 Å². The van der Waals surface area contributed by atoms with Gasteiger partial charge in [-0.3, -0.25) is 14.5 Å². The van der Waals surface area contributed by atoms with Crippen molar-refractivity contribution in [3.63, 3.8) is 0 Å². The predicted octanol–water partition coefficient (Wildman–Crippen LogP) is 3.11. The topological polar surface area (TPSA) is 69.3 Å². The highest BCUT2D eigenvalue weighted by atomic mass is 19.2. The molecule has 1 fully saturated rings. The molecule has 3 heterocycles. The van der Waals surface area contributed by atoms with Crippen molar-refractivity contribution in [3.05, 3.63) is 62.8 Å². The number of benzene rings is 1. The Morgan fingerprint density at radius 2 is 2.10 bits per heavy atom. The number of carbonyl (C=O) groups is 1. The van der Waals surface area contributed by atoms with Crippen molar-refractivity contribution in [1.82, 2.24) is 19.8 Å². The molecule has 1 saturated heterocycles. The monoisotopic (exact) mass is 430 g/mol. The Kier molecular flexibility index (Phi) is 6.46. The van der Waals surface area contributed by atoms with Gasteiger partial charge in [0.25, 0.3) is 5.56 Å². The van der Waals surface area contributed by atoms with Crippen molar-refractivity contribution < 1.29 is 13.6 Å². The molecule has 1 N–H and O–H groups in total. The fourth-order valence-corrected chi connectivity index (χ4v) is 4.54. The minimum atomic E-state index is -0.842. The van der Waals surface area contributed by atoms with E-state index in [4.69, 9.17) is 4.98 Å². The lowest BCUT2D eigenvalue weighted by Gasteiger charge is -2.33. The number of amides is 1. The van der Waals surface area contributed by atoms with Gasteiger partial charge in [0, 0.05) is 38.4 Å². The van der Waals surface area contributed by atoms with Gasteiger partial charge in [-0.05, 0) is 43.5 Å². The van der Waals surface area contributed by atoms with Gasteiger partial charge in [0.15, 0.2) is 11.6 Å². The average Bonchev–Trinajstić information content (AvgIpc) is 2.76. The highest BCUT2D eigenvalue weighted by molar-refractivity contribution is 5.76. The van der Waals surface area contributed by atoms with Gasteiger partial charge in [-0.2, -0.15) is 0 Å². The molecule has 0 aliphatic carbocycles. The number of hydrogen-bond acceptors (Lipinski definition) is 4. The number of fused-ring (bicyclic) bond motifs is 1. The van der Waals surface area contributed by atoms with Crippen LogP contribution in [0.1, 0.15) is 61.2 Å². The maximum Gasteiger partial charge on any atom is 0.256 e. The minimum absolute atomic E-state index is 0.0804. The molecule has 1 amide bonds. The fraction of sp³-hybridized carbons (Fsp3) is 0.522.